The van der Waals surface area contributed by atoms with E-state index in [1.54, 1.807) is 17.0 Å². The van der Waals surface area contributed by atoms with E-state index in [1.165, 1.54) is 17.7 Å². The number of nitrogens with zero attached hydrogens (tertiary/aromatic N) is 4. The third kappa shape index (κ3) is 4.80. The average Bonchev–Trinajstić information content (AvgIpc) is 3.08. The highest BCUT2D eigenvalue weighted by molar-refractivity contribution is 5.94. The SMILES string of the molecule is Cc1nn(-c2ccccc2)c(C)c1CN1CCN(C(=O)c2cccc(OC(F)F)c2)CC1. The monoisotopic (exact) mass is 440 g/mol. The molecule has 0 bridgehead atoms. The van der Waals surface area contributed by atoms with Gasteiger partial charge in [0.1, 0.15) is 5.75 Å². The molecule has 8 heteroatoms. The zero-order valence-corrected chi connectivity index (χ0v) is 18.2. The van der Waals surface area contributed by atoms with Gasteiger partial charge < -0.3 is 9.64 Å². The van der Waals surface area contributed by atoms with E-state index >= 15 is 0 Å². The van der Waals surface area contributed by atoms with Crippen LogP contribution in [0.3, 0.4) is 0 Å². The van der Waals surface area contributed by atoms with Gasteiger partial charge in [0, 0.05) is 49.5 Å². The Bertz CT molecular complexity index is 1080. The number of amides is 1. The molecule has 1 saturated heterocycles. The Morgan fingerprint density at radius 1 is 1.03 bits per heavy atom. The summed E-state index contributed by atoms with van der Waals surface area (Å²) in [5, 5.41) is 4.72. The van der Waals surface area contributed by atoms with E-state index in [0.29, 0.717) is 18.7 Å². The molecular weight excluding hydrogens is 414 g/mol. The largest absolute Gasteiger partial charge is 0.435 e. The third-order valence-corrected chi connectivity index (χ3v) is 5.79. The first kappa shape index (κ1) is 22.0. The predicted molar refractivity (Wildman–Crippen MR) is 117 cm³/mol. The third-order valence-electron chi connectivity index (χ3n) is 5.79. The number of ether oxygens (including phenoxy) is 1. The Morgan fingerprint density at radius 2 is 1.75 bits per heavy atom. The number of halogens is 2. The van der Waals surface area contributed by atoms with Crippen LogP contribution in [0.5, 0.6) is 5.75 Å². The van der Waals surface area contributed by atoms with Gasteiger partial charge in [-0.3, -0.25) is 9.69 Å². The van der Waals surface area contributed by atoms with Crippen LogP contribution in [0.2, 0.25) is 0 Å². The standard InChI is InChI=1S/C24H26F2N4O2/c1-17-22(18(2)30(27-17)20-8-4-3-5-9-20)16-28-11-13-29(14-12-28)23(31)19-7-6-10-21(15-19)32-24(25)26/h3-10,15,24H,11-14,16H2,1-2H3. The van der Waals surface area contributed by atoms with Gasteiger partial charge >= 0.3 is 6.61 Å². The molecule has 2 heterocycles. The highest BCUT2D eigenvalue weighted by atomic mass is 19.3. The maximum absolute atomic E-state index is 12.8. The van der Waals surface area contributed by atoms with Crippen molar-refractivity contribution < 1.29 is 18.3 Å². The number of para-hydroxylation sites is 1. The van der Waals surface area contributed by atoms with E-state index in [2.05, 4.69) is 16.6 Å². The van der Waals surface area contributed by atoms with E-state index in [9.17, 15) is 13.6 Å². The van der Waals surface area contributed by atoms with Crippen molar-refractivity contribution in [2.24, 2.45) is 0 Å². The number of rotatable bonds is 6. The highest BCUT2D eigenvalue weighted by Gasteiger charge is 2.24. The normalized spacial score (nSPS) is 14.7. The highest BCUT2D eigenvalue weighted by Crippen LogP contribution is 2.21. The van der Waals surface area contributed by atoms with Gasteiger partial charge in [0.25, 0.3) is 5.91 Å². The summed E-state index contributed by atoms with van der Waals surface area (Å²) in [4.78, 5) is 16.9. The molecule has 168 valence electrons. The lowest BCUT2D eigenvalue weighted by atomic mass is 10.1. The fourth-order valence-corrected chi connectivity index (χ4v) is 4.04. The average molecular weight is 440 g/mol. The fourth-order valence-electron chi connectivity index (χ4n) is 4.04. The fraction of sp³-hybridized carbons (Fsp3) is 0.333. The number of hydrogen-bond acceptors (Lipinski definition) is 4. The minimum absolute atomic E-state index is 0.00846. The molecule has 0 spiro atoms. The molecule has 0 atom stereocenters. The number of aryl methyl sites for hydroxylation is 1. The van der Waals surface area contributed by atoms with Crippen LogP contribution in [0.25, 0.3) is 5.69 Å². The number of benzene rings is 2. The van der Waals surface area contributed by atoms with Gasteiger partial charge in [-0.05, 0) is 44.2 Å². The van der Waals surface area contributed by atoms with Gasteiger partial charge in [-0.15, -0.1) is 0 Å². The van der Waals surface area contributed by atoms with Crippen molar-refractivity contribution in [2.45, 2.75) is 27.0 Å². The summed E-state index contributed by atoms with van der Waals surface area (Å²) in [5.41, 5.74) is 4.70. The van der Waals surface area contributed by atoms with Crippen molar-refractivity contribution in [3.8, 4) is 11.4 Å². The smallest absolute Gasteiger partial charge is 0.387 e. The van der Waals surface area contributed by atoms with Gasteiger partial charge in [0.2, 0.25) is 0 Å². The Kier molecular flexibility index (Phi) is 6.50. The van der Waals surface area contributed by atoms with E-state index < -0.39 is 6.61 Å². The second kappa shape index (κ2) is 9.48. The Balaban J connectivity index is 1.39. The van der Waals surface area contributed by atoms with Crippen LogP contribution in [0.1, 0.15) is 27.3 Å². The predicted octanol–water partition coefficient (Wildman–Crippen LogP) is 4.05. The number of alkyl halides is 2. The maximum atomic E-state index is 12.8. The molecule has 0 radical (unpaired) electrons. The van der Waals surface area contributed by atoms with Crippen molar-refractivity contribution in [1.29, 1.82) is 0 Å². The summed E-state index contributed by atoms with van der Waals surface area (Å²) < 4.78 is 31.3. The number of carbonyl (C=O) groups is 1. The lowest BCUT2D eigenvalue weighted by molar-refractivity contribution is -0.0499. The molecule has 1 amide bonds. The molecule has 0 unspecified atom stereocenters. The zero-order valence-electron chi connectivity index (χ0n) is 18.2. The first-order valence-electron chi connectivity index (χ1n) is 10.6. The van der Waals surface area contributed by atoms with E-state index in [0.717, 1.165) is 36.7 Å². The number of carbonyl (C=O) groups excluding carboxylic acids is 1. The van der Waals surface area contributed by atoms with Crippen LogP contribution in [-0.2, 0) is 6.54 Å². The molecule has 4 rings (SSSR count). The van der Waals surface area contributed by atoms with Crippen molar-refractivity contribution in [3.63, 3.8) is 0 Å². The summed E-state index contributed by atoms with van der Waals surface area (Å²) in [6, 6.07) is 16.0. The summed E-state index contributed by atoms with van der Waals surface area (Å²) in [7, 11) is 0. The second-order valence-corrected chi connectivity index (χ2v) is 7.87. The lowest BCUT2D eigenvalue weighted by Crippen LogP contribution is -2.48. The molecular formula is C24H26F2N4O2. The molecule has 1 aliphatic rings. The molecule has 0 aliphatic carbocycles. The Morgan fingerprint density at radius 3 is 2.44 bits per heavy atom. The van der Waals surface area contributed by atoms with E-state index in [-0.39, 0.29) is 11.7 Å². The molecule has 1 fully saturated rings. The summed E-state index contributed by atoms with van der Waals surface area (Å²) in [6.07, 6.45) is 0. The first-order chi connectivity index (χ1) is 15.4. The topological polar surface area (TPSA) is 50.6 Å². The van der Waals surface area contributed by atoms with Crippen molar-refractivity contribution in [3.05, 3.63) is 77.1 Å². The van der Waals surface area contributed by atoms with Crippen LogP contribution in [0.15, 0.2) is 54.6 Å². The zero-order chi connectivity index (χ0) is 22.7. The van der Waals surface area contributed by atoms with Crippen LogP contribution in [0.4, 0.5) is 8.78 Å². The minimum Gasteiger partial charge on any atom is -0.435 e. The van der Waals surface area contributed by atoms with E-state index in [4.69, 9.17) is 5.10 Å². The van der Waals surface area contributed by atoms with Gasteiger partial charge in [-0.1, -0.05) is 24.3 Å². The van der Waals surface area contributed by atoms with Gasteiger partial charge in [-0.2, -0.15) is 13.9 Å². The summed E-state index contributed by atoms with van der Waals surface area (Å²) in [6.45, 7) is 4.56. The van der Waals surface area contributed by atoms with Crippen molar-refractivity contribution in [1.82, 2.24) is 19.6 Å². The minimum atomic E-state index is -2.91. The molecule has 1 aliphatic heterocycles. The number of aromatic nitrogens is 2. The molecule has 3 aromatic rings. The number of piperazine rings is 1. The quantitative estimate of drug-likeness (QED) is 0.580. The molecule has 2 aromatic carbocycles. The van der Waals surface area contributed by atoms with Crippen LogP contribution < -0.4 is 4.74 Å². The van der Waals surface area contributed by atoms with Gasteiger partial charge in [0.15, 0.2) is 0 Å². The lowest BCUT2D eigenvalue weighted by Gasteiger charge is -2.35. The van der Waals surface area contributed by atoms with Crippen molar-refractivity contribution >= 4 is 5.91 Å². The van der Waals surface area contributed by atoms with Crippen LogP contribution in [-0.4, -0.2) is 58.3 Å². The van der Waals surface area contributed by atoms with E-state index in [1.807, 2.05) is 41.9 Å². The first-order valence-corrected chi connectivity index (χ1v) is 10.6. The van der Waals surface area contributed by atoms with Gasteiger partial charge in [-0.25, -0.2) is 4.68 Å². The Labute approximate surface area is 186 Å². The molecule has 1 aromatic heterocycles. The molecule has 0 saturated carbocycles. The summed E-state index contributed by atoms with van der Waals surface area (Å²) in [5.74, 6) is -0.181. The van der Waals surface area contributed by atoms with Gasteiger partial charge in [0.05, 0.1) is 11.4 Å². The summed E-state index contributed by atoms with van der Waals surface area (Å²) >= 11 is 0. The van der Waals surface area contributed by atoms with Crippen molar-refractivity contribution in [2.75, 3.05) is 26.2 Å². The number of hydrogen-bond donors (Lipinski definition) is 0. The van der Waals surface area contributed by atoms with Crippen LogP contribution in [0, 0.1) is 13.8 Å². The maximum Gasteiger partial charge on any atom is 0.387 e. The molecule has 32 heavy (non-hydrogen) atoms. The molecule has 0 N–H and O–H groups in total. The Hall–Kier alpha value is -3.26. The second-order valence-electron chi connectivity index (χ2n) is 7.87. The van der Waals surface area contributed by atoms with Crippen LogP contribution >= 0.6 is 0 Å². The molecule has 6 nitrogen and oxygen atoms in total.